The predicted octanol–water partition coefficient (Wildman–Crippen LogP) is -1.04. The van der Waals surface area contributed by atoms with Crippen molar-refractivity contribution in [3.05, 3.63) is 34.4 Å². The largest absolute Gasteiger partial charge is 0.454 e. The fourth-order valence-corrected chi connectivity index (χ4v) is 4.98. The van der Waals surface area contributed by atoms with E-state index in [0.29, 0.717) is 24.8 Å². The van der Waals surface area contributed by atoms with E-state index in [9.17, 15) is 35.4 Å². The quantitative estimate of drug-likeness (QED) is 0.170. The highest BCUT2D eigenvalue weighted by Gasteiger charge is 2.50. The molecule has 0 amide bonds. The van der Waals surface area contributed by atoms with Crippen LogP contribution in [0.1, 0.15) is 39.5 Å². The summed E-state index contributed by atoms with van der Waals surface area (Å²) in [4.78, 5) is 12.1. The fourth-order valence-electron chi connectivity index (χ4n) is 4.98. The fraction of sp³-hybridized carbons (Fsp3) is 0.731. The van der Waals surface area contributed by atoms with Crippen LogP contribution in [0.15, 0.2) is 34.4 Å². The molecule has 0 aromatic rings. The van der Waals surface area contributed by atoms with Crippen molar-refractivity contribution in [3.8, 4) is 0 Å². The summed E-state index contributed by atoms with van der Waals surface area (Å²) in [5.74, 6) is -0.306. The third-order valence-corrected chi connectivity index (χ3v) is 7.61. The van der Waals surface area contributed by atoms with Gasteiger partial charge in [0.1, 0.15) is 42.2 Å². The number of aliphatic hydroxyl groups is 6. The van der Waals surface area contributed by atoms with E-state index in [0.717, 1.165) is 23.1 Å². The summed E-state index contributed by atoms with van der Waals surface area (Å²) in [7, 11) is 0. The van der Waals surface area contributed by atoms with Crippen LogP contribution >= 0.6 is 0 Å². The first kappa shape index (κ1) is 29.3. The average molecular weight is 543 g/mol. The summed E-state index contributed by atoms with van der Waals surface area (Å²) in [6.07, 6.45) is -3.52. The molecular weight excluding hydrogens is 504 g/mol. The molecule has 0 aromatic heterocycles. The van der Waals surface area contributed by atoms with E-state index < -0.39 is 55.3 Å². The van der Waals surface area contributed by atoms with Crippen molar-refractivity contribution in [1.29, 1.82) is 0 Å². The zero-order valence-corrected chi connectivity index (χ0v) is 21.6. The minimum absolute atomic E-state index is 0.0742. The number of hydrogen-bond donors (Lipinski definition) is 6. The Bertz CT molecular complexity index is 960. The van der Waals surface area contributed by atoms with Gasteiger partial charge in [0.2, 0.25) is 0 Å². The molecule has 12 nitrogen and oxygen atoms in total. The normalized spacial score (nSPS) is 43.2. The molecular formula is C26H38O12. The SMILES string of the molecule is CC1=C2C/C=C(/CO[C@@H]3O[C@H](CO[C@@H]4OC[C@@](O)(CO)[C@H]4O)[C@@H](O)[C@H](O)[C@H]3O)CC/C=C(/C)C[C@@H]2OC1=O. The molecule has 12 heteroatoms. The Kier molecular flexibility index (Phi) is 9.41. The maximum Gasteiger partial charge on any atom is 0.334 e. The van der Waals surface area contributed by atoms with Crippen LogP contribution in [0.4, 0.5) is 0 Å². The molecule has 9 atom stereocenters. The second kappa shape index (κ2) is 12.2. The van der Waals surface area contributed by atoms with Crippen molar-refractivity contribution in [2.24, 2.45) is 0 Å². The molecule has 214 valence electrons. The molecule has 0 spiro atoms. The number of rotatable bonds is 7. The van der Waals surface area contributed by atoms with Crippen LogP contribution in [0.5, 0.6) is 0 Å². The monoisotopic (exact) mass is 542 g/mol. The third-order valence-electron chi connectivity index (χ3n) is 7.61. The van der Waals surface area contributed by atoms with E-state index in [2.05, 4.69) is 6.08 Å². The van der Waals surface area contributed by atoms with E-state index >= 15 is 0 Å². The van der Waals surface area contributed by atoms with Crippen molar-refractivity contribution < 1.29 is 59.1 Å². The van der Waals surface area contributed by atoms with Gasteiger partial charge >= 0.3 is 5.97 Å². The van der Waals surface area contributed by atoms with Crippen LogP contribution in [0, 0.1) is 0 Å². The predicted molar refractivity (Wildman–Crippen MR) is 129 cm³/mol. The first-order valence-corrected chi connectivity index (χ1v) is 12.8. The lowest BCUT2D eigenvalue weighted by Crippen LogP contribution is -2.59. The smallest absolute Gasteiger partial charge is 0.334 e. The molecule has 3 heterocycles. The third kappa shape index (κ3) is 6.20. The number of allylic oxidation sites excluding steroid dienone is 2. The lowest BCUT2D eigenvalue weighted by atomic mass is 9.94. The Morgan fingerprint density at radius 1 is 1.05 bits per heavy atom. The molecule has 4 rings (SSSR count). The van der Waals surface area contributed by atoms with Gasteiger partial charge in [-0.25, -0.2) is 4.79 Å². The van der Waals surface area contributed by atoms with Crippen molar-refractivity contribution in [3.63, 3.8) is 0 Å². The summed E-state index contributed by atoms with van der Waals surface area (Å²) in [5, 5.41) is 60.7. The lowest BCUT2D eigenvalue weighted by molar-refractivity contribution is -0.307. The summed E-state index contributed by atoms with van der Waals surface area (Å²) < 4.78 is 27.7. The van der Waals surface area contributed by atoms with Gasteiger partial charge in [-0.3, -0.25) is 0 Å². The number of carbonyl (C=O) groups is 1. The highest BCUT2D eigenvalue weighted by atomic mass is 16.7. The molecule has 2 fully saturated rings. The molecule has 1 aliphatic carbocycles. The molecule has 0 unspecified atom stereocenters. The van der Waals surface area contributed by atoms with Crippen LogP contribution in [-0.4, -0.2) is 118 Å². The molecule has 0 aromatic carbocycles. The Hall–Kier alpha value is -1.71. The average Bonchev–Trinajstić information content (AvgIpc) is 3.33. The van der Waals surface area contributed by atoms with E-state index in [1.807, 2.05) is 13.0 Å². The zero-order valence-electron chi connectivity index (χ0n) is 21.6. The van der Waals surface area contributed by atoms with Crippen molar-refractivity contribution in [2.75, 3.05) is 26.4 Å². The van der Waals surface area contributed by atoms with Crippen molar-refractivity contribution in [2.45, 2.75) is 94.3 Å². The highest BCUT2D eigenvalue weighted by Crippen LogP contribution is 2.32. The topological polar surface area (TPSA) is 185 Å². The van der Waals surface area contributed by atoms with Gasteiger partial charge in [0, 0.05) is 12.0 Å². The van der Waals surface area contributed by atoms with Crippen LogP contribution in [0.3, 0.4) is 0 Å². The number of hydrogen-bond acceptors (Lipinski definition) is 12. The first-order chi connectivity index (χ1) is 18.0. The summed E-state index contributed by atoms with van der Waals surface area (Å²) in [6.45, 7) is 2.39. The summed E-state index contributed by atoms with van der Waals surface area (Å²) in [5.41, 5.74) is 1.69. The van der Waals surface area contributed by atoms with Crippen LogP contribution in [0.2, 0.25) is 0 Å². The Labute approximate surface area is 220 Å². The second-order valence-electron chi connectivity index (χ2n) is 10.4. The van der Waals surface area contributed by atoms with E-state index in [4.69, 9.17) is 23.7 Å². The summed E-state index contributed by atoms with van der Waals surface area (Å²) in [6, 6.07) is 0. The highest BCUT2D eigenvalue weighted by molar-refractivity contribution is 5.91. The Balaban J connectivity index is 1.38. The Morgan fingerprint density at radius 2 is 1.82 bits per heavy atom. The van der Waals surface area contributed by atoms with Gasteiger partial charge < -0.3 is 54.3 Å². The Morgan fingerprint density at radius 3 is 2.53 bits per heavy atom. The molecule has 6 N–H and O–H groups in total. The van der Waals surface area contributed by atoms with Crippen molar-refractivity contribution >= 4 is 5.97 Å². The second-order valence-corrected chi connectivity index (χ2v) is 10.4. The van der Waals surface area contributed by atoms with Gasteiger partial charge in [-0.1, -0.05) is 17.7 Å². The van der Waals surface area contributed by atoms with E-state index in [-0.39, 0.29) is 31.9 Å². The number of carbonyl (C=O) groups excluding carboxylic acids is 1. The molecule has 3 aliphatic heterocycles. The van der Waals surface area contributed by atoms with Gasteiger partial charge in [-0.15, -0.1) is 0 Å². The maximum atomic E-state index is 12.1. The van der Waals surface area contributed by atoms with Crippen molar-refractivity contribution in [1.82, 2.24) is 0 Å². The van der Waals surface area contributed by atoms with Gasteiger partial charge in [-0.2, -0.15) is 0 Å². The molecule has 0 radical (unpaired) electrons. The maximum absolute atomic E-state index is 12.1. The standard InChI is InChI=1S/C26H38O12/c1-13-4-3-5-15(6-7-16-14(2)23(32)37-17(16)8-13)9-34-24-21(30)20(29)19(28)18(38-24)10-35-25-22(31)26(33,11-27)12-36-25/h4,6,17-22,24-25,27-31,33H,3,5,7-12H2,1-2H3/b13-4-,15-6+/t17-,18+,19+,20-,21+,22-,24+,25+,26-/m0/s1. The minimum atomic E-state index is -1.87. The van der Waals surface area contributed by atoms with Crippen LogP contribution < -0.4 is 0 Å². The van der Waals surface area contributed by atoms with Crippen LogP contribution in [-0.2, 0) is 28.5 Å². The minimum Gasteiger partial charge on any atom is -0.454 e. The van der Waals surface area contributed by atoms with Crippen LogP contribution in [0.25, 0.3) is 0 Å². The van der Waals surface area contributed by atoms with Gasteiger partial charge in [0.05, 0.1) is 26.4 Å². The van der Waals surface area contributed by atoms with Gasteiger partial charge in [-0.05, 0) is 44.3 Å². The zero-order chi connectivity index (χ0) is 27.6. The number of ether oxygens (including phenoxy) is 5. The number of esters is 1. The van der Waals surface area contributed by atoms with E-state index in [1.54, 1.807) is 6.92 Å². The first-order valence-electron chi connectivity index (χ1n) is 12.8. The molecule has 0 bridgehead atoms. The van der Waals surface area contributed by atoms with Gasteiger partial charge in [0.25, 0.3) is 0 Å². The molecule has 38 heavy (non-hydrogen) atoms. The number of aliphatic hydroxyl groups excluding tert-OH is 5. The van der Waals surface area contributed by atoms with E-state index in [1.165, 1.54) is 0 Å². The molecule has 0 saturated carbocycles. The number of fused-ring (bicyclic) bond motifs is 1. The molecule has 2 saturated heterocycles. The summed E-state index contributed by atoms with van der Waals surface area (Å²) >= 11 is 0. The van der Waals surface area contributed by atoms with Gasteiger partial charge in [0.15, 0.2) is 12.6 Å². The molecule has 4 aliphatic rings. The lowest BCUT2D eigenvalue weighted by Gasteiger charge is -2.40.